The van der Waals surface area contributed by atoms with Gasteiger partial charge in [0.2, 0.25) is 11.8 Å². The van der Waals surface area contributed by atoms with E-state index < -0.39 is 0 Å². The summed E-state index contributed by atoms with van der Waals surface area (Å²) in [6.45, 7) is 6.18. The number of benzene rings is 1. The van der Waals surface area contributed by atoms with Crippen molar-refractivity contribution in [3.8, 4) is 0 Å². The molecule has 1 fully saturated rings. The molecule has 4 rings (SSSR count). The van der Waals surface area contributed by atoms with Gasteiger partial charge in [-0.15, -0.1) is 11.3 Å². The standard InChI is InChI=1S/C28H39N3O2S/c1-2-3-4-5-6-10-13-26(32)29-17-19-30(20-18-29)27(33)22-31-16-14-25-24(15-21-34-25)28(31)23-11-8-7-9-12-23/h7-9,11-12,15,21,28H,2-6,10,13-14,16-20,22H2,1H3/t28-/m0/s1. The van der Waals surface area contributed by atoms with Gasteiger partial charge in [-0.25, -0.2) is 0 Å². The van der Waals surface area contributed by atoms with E-state index in [0.29, 0.717) is 39.1 Å². The van der Waals surface area contributed by atoms with E-state index in [4.69, 9.17) is 0 Å². The molecule has 2 aliphatic rings. The van der Waals surface area contributed by atoms with Crippen LogP contribution in [0.15, 0.2) is 41.8 Å². The van der Waals surface area contributed by atoms with Crippen LogP contribution in [0.25, 0.3) is 0 Å². The average molecular weight is 482 g/mol. The first-order valence-corrected chi connectivity index (χ1v) is 14.0. The maximum absolute atomic E-state index is 13.3. The number of piperazine rings is 1. The van der Waals surface area contributed by atoms with Gasteiger partial charge < -0.3 is 9.80 Å². The molecule has 2 aromatic rings. The van der Waals surface area contributed by atoms with E-state index >= 15 is 0 Å². The van der Waals surface area contributed by atoms with E-state index in [-0.39, 0.29) is 17.9 Å². The number of carbonyl (C=O) groups is 2. The van der Waals surface area contributed by atoms with Crippen molar-refractivity contribution in [1.82, 2.24) is 14.7 Å². The molecule has 5 nitrogen and oxygen atoms in total. The zero-order valence-electron chi connectivity index (χ0n) is 20.6. The van der Waals surface area contributed by atoms with Gasteiger partial charge in [-0.05, 0) is 35.4 Å². The molecule has 0 radical (unpaired) electrons. The van der Waals surface area contributed by atoms with Gasteiger partial charge in [-0.3, -0.25) is 14.5 Å². The fourth-order valence-corrected chi connectivity index (χ4v) is 6.16. The van der Waals surface area contributed by atoms with E-state index in [0.717, 1.165) is 25.8 Å². The highest BCUT2D eigenvalue weighted by molar-refractivity contribution is 7.10. The number of unbranched alkanes of at least 4 members (excludes halogenated alkanes) is 5. The number of hydrogen-bond acceptors (Lipinski definition) is 4. The highest BCUT2D eigenvalue weighted by Crippen LogP contribution is 2.37. The molecule has 2 amide bonds. The van der Waals surface area contributed by atoms with Crippen molar-refractivity contribution in [3.05, 3.63) is 57.8 Å². The number of amides is 2. The summed E-state index contributed by atoms with van der Waals surface area (Å²) < 4.78 is 0. The number of carbonyl (C=O) groups excluding carboxylic acids is 2. The molecule has 0 N–H and O–H groups in total. The molecular weight excluding hydrogens is 442 g/mol. The van der Waals surface area contributed by atoms with E-state index in [2.05, 4.69) is 47.5 Å². The van der Waals surface area contributed by atoms with Gasteiger partial charge >= 0.3 is 0 Å². The second kappa shape index (κ2) is 12.5. The zero-order valence-corrected chi connectivity index (χ0v) is 21.4. The van der Waals surface area contributed by atoms with Gasteiger partial charge in [0.1, 0.15) is 0 Å². The average Bonchev–Trinajstić information content (AvgIpc) is 3.35. The quantitative estimate of drug-likeness (QED) is 0.443. The summed E-state index contributed by atoms with van der Waals surface area (Å²) in [7, 11) is 0. The molecule has 1 aromatic heterocycles. The number of fused-ring (bicyclic) bond motifs is 1. The molecule has 1 aromatic carbocycles. The van der Waals surface area contributed by atoms with Crippen LogP contribution in [0.1, 0.15) is 73.9 Å². The Hall–Kier alpha value is -2.18. The van der Waals surface area contributed by atoms with Crippen LogP contribution in [-0.2, 0) is 16.0 Å². The highest BCUT2D eigenvalue weighted by Gasteiger charge is 2.32. The molecule has 184 valence electrons. The van der Waals surface area contributed by atoms with E-state index in [1.807, 2.05) is 27.2 Å². The lowest BCUT2D eigenvalue weighted by Crippen LogP contribution is -2.53. The van der Waals surface area contributed by atoms with Crippen LogP contribution in [0.3, 0.4) is 0 Å². The lowest BCUT2D eigenvalue weighted by Gasteiger charge is -2.39. The van der Waals surface area contributed by atoms with Gasteiger partial charge in [-0.2, -0.15) is 0 Å². The molecule has 6 heteroatoms. The summed E-state index contributed by atoms with van der Waals surface area (Å²) in [6, 6.07) is 12.9. The Bertz CT molecular complexity index is 921. The summed E-state index contributed by atoms with van der Waals surface area (Å²) >= 11 is 1.83. The normalized spacial score (nSPS) is 18.7. The van der Waals surface area contributed by atoms with Crippen LogP contribution in [0.4, 0.5) is 0 Å². The maximum Gasteiger partial charge on any atom is 0.236 e. The molecule has 1 atom stereocenters. The lowest BCUT2D eigenvalue weighted by atomic mass is 9.93. The second-order valence-electron chi connectivity index (χ2n) is 9.61. The molecule has 1 saturated heterocycles. The summed E-state index contributed by atoms with van der Waals surface area (Å²) in [5, 5.41) is 2.17. The largest absolute Gasteiger partial charge is 0.339 e. The fraction of sp³-hybridized carbons (Fsp3) is 0.571. The predicted molar refractivity (Wildman–Crippen MR) is 139 cm³/mol. The summed E-state index contributed by atoms with van der Waals surface area (Å²) in [5.74, 6) is 0.440. The molecule has 0 saturated carbocycles. The zero-order chi connectivity index (χ0) is 23.8. The SMILES string of the molecule is CCCCCCCCC(=O)N1CCN(C(=O)CN2CCc3sccc3[C@@H]2c2ccccc2)CC1. The number of thiophene rings is 1. The third kappa shape index (κ3) is 6.28. The van der Waals surface area contributed by atoms with Crippen LogP contribution in [0.2, 0.25) is 0 Å². The Kier molecular flexibility index (Phi) is 9.17. The van der Waals surface area contributed by atoms with Crippen molar-refractivity contribution in [2.24, 2.45) is 0 Å². The van der Waals surface area contributed by atoms with Crippen LogP contribution >= 0.6 is 11.3 Å². The van der Waals surface area contributed by atoms with Crippen LogP contribution in [0, 0.1) is 0 Å². The maximum atomic E-state index is 13.3. The first kappa shape index (κ1) is 24.9. The Labute approximate surface area is 208 Å². The molecule has 3 heterocycles. The monoisotopic (exact) mass is 481 g/mol. The van der Waals surface area contributed by atoms with E-state index in [1.165, 1.54) is 41.7 Å². The third-order valence-corrected chi connectivity index (χ3v) is 8.25. The number of nitrogens with zero attached hydrogens (tertiary/aromatic N) is 3. The molecule has 0 aliphatic carbocycles. The molecule has 2 aliphatic heterocycles. The topological polar surface area (TPSA) is 43.9 Å². The van der Waals surface area contributed by atoms with Crippen molar-refractivity contribution in [2.75, 3.05) is 39.3 Å². The van der Waals surface area contributed by atoms with Gasteiger partial charge in [0, 0.05) is 44.0 Å². The second-order valence-corrected chi connectivity index (χ2v) is 10.6. The van der Waals surface area contributed by atoms with Gasteiger partial charge in [0.25, 0.3) is 0 Å². The molecule has 0 unspecified atom stereocenters. The van der Waals surface area contributed by atoms with Crippen molar-refractivity contribution >= 4 is 23.2 Å². The molecule has 34 heavy (non-hydrogen) atoms. The smallest absolute Gasteiger partial charge is 0.236 e. The van der Waals surface area contributed by atoms with E-state index in [1.54, 1.807) is 0 Å². The van der Waals surface area contributed by atoms with Gasteiger partial charge in [0.05, 0.1) is 12.6 Å². The van der Waals surface area contributed by atoms with Crippen LogP contribution < -0.4 is 0 Å². The van der Waals surface area contributed by atoms with E-state index in [9.17, 15) is 9.59 Å². The molecule has 0 spiro atoms. The van der Waals surface area contributed by atoms with Crippen molar-refractivity contribution in [2.45, 2.75) is 64.3 Å². The van der Waals surface area contributed by atoms with Crippen molar-refractivity contribution in [3.63, 3.8) is 0 Å². The minimum Gasteiger partial charge on any atom is -0.339 e. The fourth-order valence-electron chi connectivity index (χ4n) is 5.26. The Morgan fingerprint density at radius 2 is 1.53 bits per heavy atom. The Balaban J connectivity index is 1.27. The first-order valence-electron chi connectivity index (χ1n) is 13.1. The minimum absolute atomic E-state index is 0.139. The van der Waals surface area contributed by atoms with Crippen LogP contribution in [0.5, 0.6) is 0 Å². The minimum atomic E-state index is 0.139. The van der Waals surface area contributed by atoms with Gasteiger partial charge in [-0.1, -0.05) is 69.4 Å². The number of rotatable bonds is 10. The third-order valence-electron chi connectivity index (χ3n) is 7.25. The summed E-state index contributed by atoms with van der Waals surface area (Å²) in [6.07, 6.45) is 8.85. The Morgan fingerprint density at radius 3 is 2.26 bits per heavy atom. The van der Waals surface area contributed by atoms with Crippen molar-refractivity contribution < 1.29 is 9.59 Å². The molecule has 0 bridgehead atoms. The predicted octanol–water partition coefficient (Wildman–Crippen LogP) is 5.12. The molecular formula is C28H39N3O2S. The number of hydrogen-bond donors (Lipinski definition) is 0. The lowest BCUT2D eigenvalue weighted by molar-refractivity contribution is -0.140. The first-order chi connectivity index (χ1) is 16.7. The Morgan fingerprint density at radius 1 is 0.853 bits per heavy atom. The highest BCUT2D eigenvalue weighted by atomic mass is 32.1. The van der Waals surface area contributed by atoms with Gasteiger partial charge in [0.15, 0.2) is 0 Å². The van der Waals surface area contributed by atoms with Crippen molar-refractivity contribution in [1.29, 1.82) is 0 Å². The van der Waals surface area contributed by atoms with Crippen LogP contribution in [-0.4, -0.2) is 65.8 Å². The summed E-state index contributed by atoms with van der Waals surface area (Å²) in [4.78, 5) is 33.5. The summed E-state index contributed by atoms with van der Waals surface area (Å²) in [5.41, 5.74) is 2.60.